The topological polar surface area (TPSA) is 97.6 Å². The number of carbonyl (C=O) groups excluding carboxylic acids is 2. The van der Waals surface area contributed by atoms with Crippen LogP contribution in [0.15, 0.2) is 48.5 Å². The van der Waals surface area contributed by atoms with Crippen molar-refractivity contribution in [3.8, 4) is 17.6 Å². The Morgan fingerprint density at radius 3 is 2.57 bits per heavy atom. The molecule has 9 heteroatoms. The van der Waals surface area contributed by atoms with Crippen LogP contribution in [0.25, 0.3) is 6.08 Å². The molecule has 0 heterocycles. The van der Waals surface area contributed by atoms with Crippen LogP contribution >= 0.6 is 0 Å². The Balaban J connectivity index is 2.05. The van der Waals surface area contributed by atoms with Gasteiger partial charge >= 0.3 is 12.6 Å². The summed E-state index contributed by atoms with van der Waals surface area (Å²) in [6, 6.07) is 12.7. The second-order valence-electron chi connectivity index (χ2n) is 5.82. The molecule has 0 radical (unpaired) electrons. The molecule has 0 saturated carbocycles. The number of ether oxygens (including phenoxy) is 3. The Morgan fingerprint density at radius 1 is 1.17 bits per heavy atom. The lowest BCUT2D eigenvalue weighted by atomic mass is 10.1. The highest BCUT2D eigenvalue weighted by Gasteiger charge is 2.18. The van der Waals surface area contributed by atoms with Gasteiger partial charge in [0.1, 0.15) is 6.07 Å². The van der Waals surface area contributed by atoms with Crippen molar-refractivity contribution in [2.24, 2.45) is 0 Å². The van der Waals surface area contributed by atoms with E-state index in [9.17, 15) is 18.4 Å². The van der Waals surface area contributed by atoms with Gasteiger partial charge < -0.3 is 19.5 Å². The highest BCUT2D eigenvalue weighted by Crippen LogP contribution is 2.33. The molecule has 2 rings (SSSR count). The number of hydrogen-bond donors (Lipinski definition) is 1. The number of carbonyl (C=O) groups is 2. The fourth-order valence-corrected chi connectivity index (χ4v) is 2.39. The summed E-state index contributed by atoms with van der Waals surface area (Å²) in [6.45, 7) is -1.73. The van der Waals surface area contributed by atoms with Crippen LogP contribution in [0.1, 0.15) is 18.1 Å². The maximum absolute atomic E-state index is 12.7. The van der Waals surface area contributed by atoms with Crippen molar-refractivity contribution in [3.05, 3.63) is 59.7 Å². The molecule has 30 heavy (non-hydrogen) atoms. The van der Waals surface area contributed by atoms with Crippen LogP contribution in [0.3, 0.4) is 0 Å². The predicted molar refractivity (Wildman–Crippen MR) is 104 cm³/mol. The summed E-state index contributed by atoms with van der Waals surface area (Å²) in [6.07, 6.45) is 1.01. The van der Waals surface area contributed by atoms with Gasteiger partial charge in [-0.2, -0.15) is 14.0 Å². The smallest absolute Gasteiger partial charge is 0.387 e. The molecule has 0 aliphatic carbocycles. The first kappa shape index (κ1) is 22.4. The maximum atomic E-state index is 12.7. The van der Waals surface area contributed by atoms with Crippen LogP contribution in [0.5, 0.6) is 11.5 Å². The fourth-order valence-electron chi connectivity index (χ4n) is 2.39. The lowest BCUT2D eigenvalue weighted by Crippen LogP contribution is -2.29. The molecule has 0 aliphatic rings. The molecule has 1 atom stereocenters. The van der Waals surface area contributed by atoms with E-state index in [0.717, 1.165) is 6.08 Å². The molecule has 0 aliphatic heterocycles. The quantitative estimate of drug-likeness (QED) is 0.520. The number of halogens is 2. The maximum Gasteiger partial charge on any atom is 0.387 e. The first-order chi connectivity index (χ1) is 14.3. The van der Waals surface area contributed by atoms with Crippen LogP contribution in [0.2, 0.25) is 0 Å². The Bertz CT molecular complexity index is 986. The number of para-hydroxylation sites is 2. The van der Waals surface area contributed by atoms with Crippen molar-refractivity contribution >= 4 is 23.6 Å². The third-order valence-electron chi connectivity index (χ3n) is 3.80. The van der Waals surface area contributed by atoms with Crippen LogP contribution in [-0.2, 0) is 14.3 Å². The highest BCUT2D eigenvalue weighted by molar-refractivity contribution is 5.97. The number of nitrogens with one attached hydrogen (secondary N) is 1. The molecule has 0 unspecified atom stereocenters. The minimum atomic E-state index is -3.08. The van der Waals surface area contributed by atoms with Crippen molar-refractivity contribution in [1.29, 1.82) is 5.26 Å². The number of methoxy groups -OCH3 is 1. The Kier molecular flexibility index (Phi) is 7.88. The standard InChI is InChI=1S/C21H18F2N2O5/c1-13(20(27)25-16-8-4-3-6-15(16)12-24)29-18(26)11-10-14-7-5-9-17(28-2)19(14)30-21(22)23/h3-11,13,21H,1-2H3,(H,25,27)/b11-10+/t13-/m1/s1. The van der Waals surface area contributed by atoms with Crippen molar-refractivity contribution < 1.29 is 32.6 Å². The first-order valence-electron chi connectivity index (χ1n) is 8.66. The molecule has 156 valence electrons. The highest BCUT2D eigenvalue weighted by atomic mass is 19.3. The van der Waals surface area contributed by atoms with Crippen LogP contribution in [-0.4, -0.2) is 31.7 Å². The minimum absolute atomic E-state index is 0.0646. The van der Waals surface area contributed by atoms with Crippen LogP contribution in [0, 0.1) is 11.3 Å². The molecule has 0 fully saturated rings. The second-order valence-corrected chi connectivity index (χ2v) is 5.82. The Morgan fingerprint density at radius 2 is 1.90 bits per heavy atom. The van der Waals surface area contributed by atoms with E-state index < -0.39 is 24.6 Å². The van der Waals surface area contributed by atoms with E-state index in [4.69, 9.17) is 14.7 Å². The summed E-state index contributed by atoms with van der Waals surface area (Å²) in [5.41, 5.74) is 0.703. The van der Waals surface area contributed by atoms with Crippen molar-refractivity contribution in [1.82, 2.24) is 0 Å². The molecular formula is C21H18F2N2O5. The summed E-state index contributed by atoms with van der Waals surface area (Å²) < 4.78 is 39.8. The second kappa shape index (κ2) is 10.6. The molecule has 0 aromatic heterocycles. The number of nitriles is 1. The number of anilines is 1. The average Bonchev–Trinajstić information content (AvgIpc) is 2.72. The third kappa shape index (κ3) is 6.04. The fraction of sp³-hybridized carbons (Fsp3) is 0.190. The van der Waals surface area contributed by atoms with Gasteiger partial charge in [-0.25, -0.2) is 4.79 Å². The average molecular weight is 416 g/mol. The van der Waals surface area contributed by atoms with Gasteiger partial charge in [0.15, 0.2) is 17.6 Å². The van der Waals surface area contributed by atoms with E-state index in [1.54, 1.807) is 12.1 Å². The minimum Gasteiger partial charge on any atom is -0.493 e. The number of benzene rings is 2. The van der Waals surface area contributed by atoms with Crippen LogP contribution in [0.4, 0.5) is 14.5 Å². The van der Waals surface area contributed by atoms with E-state index in [-0.39, 0.29) is 28.3 Å². The molecule has 2 aromatic rings. The van der Waals surface area contributed by atoms with Gasteiger partial charge in [-0.3, -0.25) is 4.79 Å². The zero-order chi connectivity index (χ0) is 22.1. The Hall–Kier alpha value is -3.93. The number of alkyl halides is 2. The number of hydrogen-bond acceptors (Lipinski definition) is 6. The van der Waals surface area contributed by atoms with E-state index in [1.165, 1.54) is 50.4 Å². The largest absolute Gasteiger partial charge is 0.493 e. The molecule has 2 aromatic carbocycles. The van der Waals surface area contributed by atoms with Crippen molar-refractivity contribution in [2.45, 2.75) is 19.6 Å². The summed E-state index contributed by atoms with van der Waals surface area (Å²) in [5.74, 6) is -1.69. The Labute approximate surface area is 171 Å². The molecule has 0 spiro atoms. The molecule has 0 bridgehead atoms. The summed E-state index contributed by atoms with van der Waals surface area (Å²) in [5, 5.41) is 11.5. The lowest BCUT2D eigenvalue weighted by Gasteiger charge is -2.13. The van der Waals surface area contributed by atoms with E-state index >= 15 is 0 Å². The number of nitrogens with zero attached hydrogens (tertiary/aromatic N) is 1. The molecule has 7 nitrogen and oxygen atoms in total. The van der Waals surface area contributed by atoms with Gasteiger partial charge in [-0.1, -0.05) is 24.3 Å². The summed E-state index contributed by atoms with van der Waals surface area (Å²) >= 11 is 0. The van der Waals surface area contributed by atoms with E-state index in [2.05, 4.69) is 10.1 Å². The SMILES string of the molecule is COc1cccc(/C=C/C(=O)O[C@H](C)C(=O)Nc2ccccc2C#N)c1OC(F)F. The normalized spacial score (nSPS) is 11.6. The van der Waals surface area contributed by atoms with E-state index in [1.807, 2.05) is 6.07 Å². The molecular weight excluding hydrogens is 398 g/mol. The first-order valence-corrected chi connectivity index (χ1v) is 8.66. The van der Waals surface area contributed by atoms with Gasteiger partial charge in [0.2, 0.25) is 0 Å². The number of rotatable bonds is 8. The van der Waals surface area contributed by atoms with E-state index in [0.29, 0.717) is 0 Å². The molecule has 1 N–H and O–H groups in total. The van der Waals surface area contributed by atoms with Gasteiger partial charge in [0, 0.05) is 11.6 Å². The number of amides is 1. The van der Waals surface area contributed by atoms with Gasteiger partial charge in [0.25, 0.3) is 5.91 Å². The summed E-state index contributed by atoms with van der Waals surface area (Å²) in [4.78, 5) is 24.2. The zero-order valence-corrected chi connectivity index (χ0v) is 16.1. The monoisotopic (exact) mass is 416 g/mol. The lowest BCUT2D eigenvalue weighted by molar-refractivity contribution is -0.148. The third-order valence-corrected chi connectivity index (χ3v) is 3.80. The number of esters is 1. The van der Waals surface area contributed by atoms with Gasteiger partial charge in [0.05, 0.1) is 18.4 Å². The van der Waals surface area contributed by atoms with Crippen molar-refractivity contribution in [3.63, 3.8) is 0 Å². The van der Waals surface area contributed by atoms with Crippen molar-refractivity contribution in [2.75, 3.05) is 12.4 Å². The summed E-state index contributed by atoms with van der Waals surface area (Å²) in [7, 11) is 1.29. The molecule has 1 amide bonds. The zero-order valence-electron chi connectivity index (χ0n) is 16.1. The predicted octanol–water partition coefficient (Wildman–Crippen LogP) is 3.75. The van der Waals surface area contributed by atoms with Gasteiger partial charge in [-0.05, 0) is 31.2 Å². The molecule has 0 saturated heterocycles. The van der Waals surface area contributed by atoms with Gasteiger partial charge in [-0.15, -0.1) is 0 Å². The van der Waals surface area contributed by atoms with Crippen LogP contribution < -0.4 is 14.8 Å².